The second-order valence-corrected chi connectivity index (χ2v) is 8.60. The molecule has 4 heterocycles. The maximum absolute atomic E-state index is 13.0. The predicted molar refractivity (Wildman–Crippen MR) is 109 cm³/mol. The minimum atomic E-state index is -0.0287. The van der Waals surface area contributed by atoms with Gasteiger partial charge in [-0.15, -0.1) is 0 Å². The van der Waals surface area contributed by atoms with E-state index in [0.717, 1.165) is 56.3 Å². The van der Waals surface area contributed by atoms with E-state index in [1.807, 2.05) is 41.3 Å². The number of hydrogen-bond donors (Lipinski definition) is 0. The molecule has 5 heteroatoms. The van der Waals surface area contributed by atoms with Crippen LogP contribution in [0.3, 0.4) is 0 Å². The van der Waals surface area contributed by atoms with Crippen LogP contribution in [0.4, 0.5) is 0 Å². The molecule has 148 valence electrons. The van der Waals surface area contributed by atoms with Crippen LogP contribution in [0.5, 0.6) is 0 Å². The Morgan fingerprint density at radius 3 is 2.64 bits per heavy atom. The van der Waals surface area contributed by atoms with E-state index in [1.165, 1.54) is 25.9 Å². The lowest BCUT2D eigenvalue weighted by Crippen LogP contribution is -2.54. The van der Waals surface area contributed by atoms with Gasteiger partial charge in [0.2, 0.25) is 0 Å². The van der Waals surface area contributed by atoms with E-state index in [2.05, 4.69) is 9.88 Å². The first-order chi connectivity index (χ1) is 13.7. The molecule has 1 atom stereocenters. The molecule has 3 aliphatic rings. The number of likely N-dealkylation sites (tertiary alicyclic amines) is 2. The van der Waals surface area contributed by atoms with Crippen LogP contribution < -0.4 is 0 Å². The molecular weight excluding hydrogens is 350 g/mol. The molecule has 0 N–H and O–H groups in total. The van der Waals surface area contributed by atoms with Gasteiger partial charge < -0.3 is 14.5 Å². The normalized spacial score (nSPS) is 25.4. The van der Waals surface area contributed by atoms with Gasteiger partial charge in [-0.2, -0.15) is 0 Å². The zero-order chi connectivity index (χ0) is 19.0. The van der Waals surface area contributed by atoms with E-state index in [-0.39, 0.29) is 11.5 Å². The molecule has 0 aliphatic carbocycles. The number of pyridine rings is 1. The fourth-order valence-electron chi connectivity index (χ4n) is 5.23. The second-order valence-electron chi connectivity index (χ2n) is 8.60. The van der Waals surface area contributed by atoms with Crippen LogP contribution in [0.1, 0.15) is 49.0 Å². The third kappa shape index (κ3) is 3.42. The van der Waals surface area contributed by atoms with E-state index < -0.39 is 0 Å². The number of benzene rings is 1. The van der Waals surface area contributed by atoms with Gasteiger partial charge in [0.15, 0.2) is 0 Å². The lowest BCUT2D eigenvalue weighted by atomic mass is 9.82. The van der Waals surface area contributed by atoms with Gasteiger partial charge in [-0.1, -0.05) is 24.3 Å². The zero-order valence-corrected chi connectivity index (χ0v) is 16.5. The number of rotatable bonds is 2. The Bertz CT molecular complexity index is 854. The van der Waals surface area contributed by atoms with Crippen molar-refractivity contribution in [1.82, 2.24) is 14.8 Å². The number of carbonyl (C=O) groups is 1. The van der Waals surface area contributed by atoms with Crippen molar-refractivity contribution in [2.24, 2.45) is 0 Å². The van der Waals surface area contributed by atoms with Gasteiger partial charge in [-0.3, -0.25) is 4.79 Å². The van der Waals surface area contributed by atoms with Crippen molar-refractivity contribution in [3.05, 3.63) is 42.1 Å². The molecule has 0 saturated carbocycles. The number of piperidine rings is 1. The number of aromatic nitrogens is 1. The maximum Gasteiger partial charge on any atom is 0.272 e. The number of nitrogens with zero attached hydrogens (tertiary/aromatic N) is 3. The van der Waals surface area contributed by atoms with Crippen molar-refractivity contribution in [3.63, 3.8) is 0 Å². The fourth-order valence-corrected chi connectivity index (χ4v) is 5.23. The highest BCUT2D eigenvalue weighted by Gasteiger charge is 2.43. The molecule has 3 saturated heterocycles. The van der Waals surface area contributed by atoms with Crippen molar-refractivity contribution in [2.75, 3.05) is 32.8 Å². The molecule has 0 bridgehead atoms. The Morgan fingerprint density at radius 2 is 1.82 bits per heavy atom. The van der Waals surface area contributed by atoms with Crippen LogP contribution in [0.2, 0.25) is 0 Å². The molecule has 3 fully saturated rings. The minimum Gasteiger partial charge on any atom is -0.375 e. The van der Waals surface area contributed by atoms with Crippen molar-refractivity contribution < 1.29 is 9.53 Å². The first-order valence-corrected chi connectivity index (χ1v) is 10.8. The summed E-state index contributed by atoms with van der Waals surface area (Å²) in [5.41, 5.74) is 1.40. The SMILES string of the molecule is O=C(c1ccc2ccccc2n1)N1CCC2(CC1)CC(N1CCCC1)CCO2. The standard InChI is InChI=1S/C23H29N3O2/c27-22(21-8-7-18-5-1-2-6-20(18)24-21)26-14-10-23(11-15-26)17-19(9-16-28-23)25-12-3-4-13-25/h1-2,5-8,19H,3-4,9-17H2. The Labute approximate surface area is 166 Å². The molecule has 1 unspecified atom stereocenters. The Morgan fingerprint density at radius 1 is 1.04 bits per heavy atom. The van der Waals surface area contributed by atoms with E-state index in [4.69, 9.17) is 4.74 Å². The average molecular weight is 380 g/mol. The van der Waals surface area contributed by atoms with Gasteiger partial charge in [-0.25, -0.2) is 4.98 Å². The van der Waals surface area contributed by atoms with E-state index in [9.17, 15) is 4.79 Å². The Balaban J connectivity index is 1.25. The summed E-state index contributed by atoms with van der Waals surface area (Å²) >= 11 is 0. The first kappa shape index (κ1) is 18.1. The van der Waals surface area contributed by atoms with Crippen molar-refractivity contribution in [2.45, 2.75) is 50.2 Å². The number of amides is 1. The van der Waals surface area contributed by atoms with Crippen LogP contribution in [0, 0.1) is 0 Å². The molecule has 1 aromatic heterocycles. The van der Waals surface area contributed by atoms with Gasteiger partial charge in [0.05, 0.1) is 11.1 Å². The summed E-state index contributed by atoms with van der Waals surface area (Å²) in [4.78, 5) is 22.2. The quantitative estimate of drug-likeness (QED) is 0.801. The topological polar surface area (TPSA) is 45.7 Å². The highest BCUT2D eigenvalue weighted by atomic mass is 16.5. The summed E-state index contributed by atoms with van der Waals surface area (Å²) in [6, 6.07) is 12.5. The molecule has 1 amide bonds. The third-order valence-electron chi connectivity index (χ3n) is 6.90. The van der Waals surface area contributed by atoms with Gasteiger partial charge in [0, 0.05) is 31.1 Å². The van der Waals surface area contributed by atoms with E-state index >= 15 is 0 Å². The smallest absolute Gasteiger partial charge is 0.272 e. The summed E-state index contributed by atoms with van der Waals surface area (Å²) in [6.07, 6.45) is 6.85. The highest BCUT2D eigenvalue weighted by Crippen LogP contribution is 2.37. The van der Waals surface area contributed by atoms with Gasteiger partial charge in [-0.05, 0) is 63.7 Å². The molecule has 28 heavy (non-hydrogen) atoms. The summed E-state index contributed by atoms with van der Waals surface area (Å²) < 4.78 is 6.31. The summed E-state index contributed by atoms with van der Waals surface area (Å²) in [5.74, 6) is 0.0486. The van der Waals surface area contributed by atoms with E-state index in [0.29, 0.717) is 11.7 Å². The number of hydrogen-bond acceptors (Lipinski definition) is 4. The molecule has 5 nitrogen and oxygen atoms in total. The molecule has 0 radical (unpaired) electrons. The van der Waals surface area contributed by atoms with Gasteiger partial charge in [0.25, 0.3) is 5.91 Å². The van der Waals surface area contributed by atoms with Crippen LogP contribution in [-0.4, -0.2) is 65.1 Å². The molecule has 5 rings (SSSR count). The highest BCUT2D eigenvalue weighted by molar-refractivity contribution is 5.95. The lowest BCUT2D eigenvalue weighted by Gasteiger charge is -2.48. The molecule has 1 aromatic carbocycles. The molecule has 1 spiro atoms. The van der Waals surface area contributed by atoms with E-state index in [1.54, 1.807) is 0 Å². The average Bonchev–Trinajstić information content (AvgIpc) is 3.29. The van der Waals surface area contributed by atoms with Crippen LogP contribution in [-0.2, 0) is 4.74 Å². The molecule has 2 aromatic rings. The van der Waals surface area contributed by atoms with Crippen molar-refractivity contribution in [3.8, 4) is 0 Å². The second kappa shape index (κ2) is 7.45. The third-order valence-corrected chi connectivity index (χ3v) is 6.90. The maximum atomic E-state index is 13.0. The summed E-state index contributed by atoms with van der Waals surface area (Å²) in [5, 5.41) is 1.07. The van der Waals surface area contributed by atoms with Crippen LogP contribution >= 0.6 is 0 Å². The van der Waals surface area contributed by atoms with Crippen LogP contribution in [0.25, 0.3) is 10.9 Å². The minimum absolute atomic E-state index is 0.0287. The van der Waals surface area contributed by atoms with Crippen LogP contribution in [0.15, 0.2) is 36.4 Å². The first-order valence-electron chi connectivity index (χ1n) is 10.8. The molecule has 3 aliphatic heterocycles. The number of ether oxygens (including phenoxy) is 1. The largest absolute Gasteiger partial charge is 0.375 e. The van der Waals surface area contributed by atoms with Gasteiger partial charge >= 0.3 is 0 Å². The zero-order valence-electron chi connectivity index (χ0n) is 16.5. The summed E-state index contributed by atoms with van der Waals surface area (Å²) in [6.45, 7) is 4.89. The predicted octanol–water partition coefficient (Wildman–Crippen LogP) is 3.48. The monoisotopic (exact) mass is 379 g/mol. The number of fused-ring (bicyclic) bond motifs is 1. The fraction of sp³-hybridized carbons (Fsp3) is 0.565. The number of carbonyl (C=O) groups excluding carboxylic acids is 1. The summed E-state index contributed by atoms with van der Waals surface area (Å²) in [7, 11) is 0. The van der Waals surface area contributed by atoms with Crippen molar-refractivity contribution >= 4 is 16.8 Å². The van der Waals surface area contributed by atoms with Crippen molar-refractivity contribution in [1.29, 1.82) is 0 Å². The molecular formula is C23H29N3O2. The Hall–Kier alpha value is -1.98. The number of para-hydroxylation sites is 1. The van der Waals surface area contributed by atoms with Gasteiger partial charge in [0.1, 0.15) is 5.69 Å². The lowest BCUT2D eigenvalue weighted by molar-refractivity contribution is -0.128. The Kier molecular flexibility index (Phi) is 4.81.